The van der Waals surface area contributed by atoms with Crippen LogP contribution in [0.25, 0.3) is 16.7 Å². The molecule has 0 unspecified atom stereocenters. The van der Waals surface area contributed by atoms with Gasteiger partial charge in [-0.1, -0.05) is 0 Å². The summed E-state index contributed by atoms with van der Waals surface area (Å²) >= 11 is 0. The normalized spacial score (nSPS) is 11.1. The van der Waals surface area contributed by atoms with Gasteiger partial charge in [0.2, 0.25) is 5.56 Å². The van der Waals surface area contributed by atoms with Crippen molar-refractivity contribution in [1.29, 1.82) is 0 Å². The molecule has 0 aliphatic heterocycles. The number of fused-ring (bicyclic) bond motifs is 3. The van der Waals surface area contributed by atoms with Crippen molar-refractivity contribution in [2.75, 3.05) is 0 Å². The molecule has 3 aromatic heterocycles. The van der Waals surface area contributed by atoms with E-state index in [0.29, 0.717) is 5.65 Å². The minimum absolute atomic E-state index is 0.138. The first-order valence-electron chi connectivity index (χ1n) is 4.16. The molecule has 0 saturated carbocycles. The van der Waals surface area contributed by atoms with E-state index in [-0.39, 0.29) is 5.56 Å². The number of aromatic amines is 1. The molecule has 68 valence electrons. The molecule has 0 amide bonds. The van der Waals surface area contributed by atoms with Crippen LogP contribution in [0.5, 0.6) is 0 Å². The average molecular weight is 186 g/mol. The molecule has 0 atom stereocenters. The molecule has 0 saturated heterocycles. The van der Waals surface area contributed by atoms with E-state index in [9.17, 15) is 4.79 Å². The highest BCUT2D eigenvalue weighted by Crippen LogP contribution is 2.08. The maximum absolute atomic E-state index is 11.1. The number of rotatable bonds is 0. The second kappa shape index (κ2) is 2.41. The summed E-state index contributed by atoms with van der Waals surface area (Å²) in [5.74, 6) is 0. The van der Waals surface area contributed by atoms with Crippen molar-refractivity contribution in [1.82, 2.24) is 19.6 Å². The third-order valence-corrected chi connectivity index (χ3v) is 2.10. The van der Waals surface area contributed by atoms with Crippen molar-refractivity contribution >= 4 is 16.7 Å². The Morgan fingerprint density at radius 1 is 1.29 bits per heavy atom. The highest BCUT2D eigenvalue weighted by atomic mass is 16.1. The van der Waals surface area contributed by atoms with Crippen LogP contribution in [0, 0.1) is 0 Å². The lowest BCUT2D eigenvalue weighted by Gasteiger charge is -1.98. The minimum Gasteiger partial charge on any atom is -0.306 e. The van der Waals surface area contributed by atoms with Gasteiger partial charge in [-0.25, -0.2) is 4.98 Å². The van der Waals surface area contributed by atoms with Crippen LogP contribution in [0.15, 0.2) is 35.4 Å². The number of nitrogens with zero attached hydrogens (tertiary/aromatic N) is 3. The molecule has 0 fully saturated rings. The zero-order valence-corrected chi connectivity index (χ0v) is 7.14. The van der Waals surface area contributed by atoms with Gasteiger partial charge < -0.3 is 4.98 Å². The number of pyridine rings is 1. The van der Waals surface area contributed by atoms with Crippen molar-refractivity contribution in [3.05, 3.63) is 40.9 Å². The number of hydrogen-bond donors (Lipinski definition) is 1. The van der Waals surface area contributed by atoms with Gasteiger partial charge in [0, 0.05) is 23.7 Å². The van der Waals surface area contributed by atoms with E-state index in [0.717, 1.165) is 11.0 Å². The van der Waals surface area contributed by atoms with Gasteiger partial charge in [-0.05, 0) is 6.07 Å². The van der Waals surface area contributed by atoms with Crippen LogP contribution < -0.4 is 5.56 Å². The molecular formula is C9H6N4O. The molecule has 0 spiro atoms. The van der Waals surface area contributed by atoms with E-state index >= 15 is 0 Å². The van der Waals surface area contributed by atoms with Crippen molar-refractivity contribution in [3.63, 3.8) is 0 Å². The highest BCUT2D eigenvalue weighted by Gasteiger charge is 2.01. The second-order valence-electron chi connectivity index (χ2n) is 2.99. The summed E-state index contributed by atoms with van der Waals surface area (Å²) in [6, 6.07) is 4.98. The Balaban J connectivity index is 2.66. The smallest absolute Gasteiger partial charge is 0.249 e. The zero-order valence-electron chi connectivity index (χ0n) is 7.14. The Labute approximate surface area is 78.0 Å². The molecule has 1 N–H and O–H groups in total. The maximum Gasteiger partial charge on any atom is 0.249 e. The Bertz CT molecular complexity index is 667. The topological polar surface area (TPSA) is 63.1 Å². The molecule has 3 aromatic rings. The summed E-state index contributed by atoms with van der Waals surface area (Å²) in [5, 5.41) is 4.93. The summed E-state index contributed by atoms with van der Waals surface area (Å²) < 4.78 is 1.61. The predicted molar refractivity (Wildman–Crippen MR) is 51.1 cm³/mol. The van der Waals surface area contributed by atoms with Gasteiger partial charge in [-0.3, -0.25) is 4.79 Å². The Hall–Kier alpha value is -2.17. The lowest BCUT2D eigenvalue weighted by Crippen LogP contribution is -2.06. The molecule has 0 radical (unpaired) electrons. The van der Waals surface area contributed by atoms with E-state index < -0.39 is 0 Å². The van der Waals surface area contributed by atoms with Crippen LogP contribution in [-0.2, 0) is 0 Å². The molecular weight excluding hydrogens is 180 g/mol. The molecule has 5 nitrogen and oxygen atoms in total. The van der Waals surface area contributed by atoms with E-state index in [1.807, 2.05) is 0 Å². The molecule has 5 heteroatoms. The SMILES string of the molecule is O=c1ccc2cnc3ccnn3c2[nH]1. The van der Waals surface area contributed by atoms with Gasteiger partial charge in [0.15, 0.2) is 5.65 Å². The highest BCUT2D eigenvalue weighted by molar-refractivity contribution is 5.75. The standard InChI is InChI=1S/C9H6N4O/c14-8-2-1-6-5-10-7-3-4-11-13(7)9(6)12-8/h1-5H,(H,12,14). The van der Waals surface area contributed by atoms with Gasteiger partial charge in [0.25, 0.3) is 0 Å². The summed E-state index contributed by atoms with van der Waals surface area (Å²) in [5.41, 5.74) is 1.26. The van der Waals surface area contributed by atoms with Gasteiger partial charge in [-0.15, -0.1) is 0 Å². The first kappa shape index (κ1) is 7.25. The first-order valence-corrected chi connectivity index (χ1v) is 4.16. The van der Waals surface area contributed by atoms with Crippen molar-refractivity contribution in [2.45, 2.75) is 0 Å². The summed E-state index contributed by atoms with van der Waals surface area (Å²) in [6.45, 7) is 0. The Morgan fingerprint density at radius 3 is 3.14 bits per heavy atom. The molecule has 3 rings (SSSR count). The maximum atomic E-state index is 11.1. The first-order chi connectivity index (χ1) is 6.84. The molecule has 0 bridgehead atoms. The quantitative estimate of drug-likeness (QED) is 0.558. The average Bonchev–Trinajstić information content (AvgIpc) is 2.65. The van der Waals surface area contributed by atoms with Crippen LogP contribution in [0.4, 0.5) is 0 Å². The lowest BCUT2D eigenvalue weighted by atomic mass is 10.3. The molecule has 0 aliphatic carbocycles. The van der Waals surface area contributed by atoms with Crippen molar-refractivity contribution in [3.8, 4) is 0 Å². The molecule has 3 heterocycles. The lowest BCUT2D eigenvalue weighted by molar-refractivity contribution is 0.958. The fourth-order valence-electron chi connectivity index (χ4n) is 1.46. The predicted octanol–water partition coefficient (Wildman–Crippen LogP) is 0.571. The fourth-order valence-corrected chi connectivity index (χ4v) is 1.46. The van der Waals surface area contributed by atoms with Crippen LogP contribution in [0.3, 0.4) is 0 Å². The van der Waals surface area contributed by atoms with Crippen molar-refractivity contribution < 1.29 is 0 Å². The van der Waals surface area contributed by atoms with Crippen LogP contribution in [0.2, 0.25) is 0 Å². The Morgan fingerprint density at radius 2 is 2.21 bits per heavy atom. The van der Waals surface area contributed by atoms with Gasteiger partial charge in [-0.2, -0.15) is 9.61 Å². The molecule has 14 heavy (non-hydrogen) atoms. The molecule has 0 aromatic carbocycles. The monoisotopic (exact) mass is 186 g/mol. The zero-order chi connectivity index (χ0) is 9.54. The number of aromatic nitrogens is 4. The van der Waals surface area contributed by atoms with Gasteiger partial charge >= 0.3 is 0 Å². The van der Waals surface area contributed by atoms with E-state index in [1.54, 1.807) is 29.0 Å². The summed E-state index contributed by atoms with van der Waals surface area (Å²) in [6.07, 6.45) is 3.36. The van der Waals surface area contributed by atoms with Gasteiger partial charge in [0.05, 0.1) is 6.20 Å². The third kappa shape index (κ3) is 0.861. The van der Waals surface area contributed by atoms with E-state index in [4.69, 9.17) is 0 Å². The minimum atomic E-state index is -0.138. The van der Waals surface area contributed by atoms with E-state index in [2.05, 4.69) is 15.1 Å². The summed E-state index contributed by atoms with van der Waals surface area (Å²) in [7, 11) is 0. The second-order valence-corrected chi connectivity index (χ2v) is 2.99. The van der Waals surface area contributed by atoms with Crippen LogP contribution in [0.1, 0.15) is 0 Å². The van der Waals surface area contributed by atoms with E-state index in [1.165, 1.54) is 6.07 Å². The fraction of sp³-hybridized carbons (Fsp3) is 0. The molecule has 0 aliphatic rings. The van der Waals surface area contributed by atoms with Gasteiger partial charge in [0.1, 0.15) is 5.65 Å². The summed E-state index contributed by atoms with van der Waals surface area (Å²) in [4.78, 5) is 18.0. The van der Waals surface area contributed by atoms with Crippen LogP contribution >= 0.6 is 0 Å². The number of hydrogen-bond acceptors (Lipinski definition) is 3. The third-order valence-electron chi connectivity index (χ3n) is 2.10. The Kier molecular flexibility index (Phi) is 1.25. The number of nitrogens with one attached hydrogen (secondary N) is 1. The number of H-pyrrole nitrogens is 1. The van der Waals surface area contributed by atoms with Crippen LogP contribution in [-0.4, -0.2) is 19.6 Å². The largest absolute Gasteiger partial charge is 0.306 e. The van der Waals surface area contributed by atoms with Crippen molar-refractivity contribution in [2.24, 2.45) is 0 Å².